The Bertz CT molecular complexity index is 590. The highest BCUT2D eigenvalue weighted by Crippen LogP contribution is 2.34. The van der Waals surface area contributed by atoms with Crippen LogP contribution >= 0.6 is 0 Å². The molecule has 0 saturated heterocycles. The van der Waals surface area contributed by atoms with Gasteiger partial charge in [0.1, 0.15) is 6.04 Å². The average Bonchev–Trinajstić information content (AvgIpc) is 2.55. The number of rotatable bonds is 9. The Morgan fingerprint density at radius 3 is 2.62 bits per heavy atom. The molecule has 0 spiro atoms. The van der Waals surface area contributed by atoms with Gasteiger partial charge >= 0.3 is 5.97 Å². The smallest absolute Gasteiger partial charge is 0.328 e. The van der Waals surface area contributed by atoms with Crippen molar-refractivity contribution in [2.75, 3.05) is 18.6 Å². The van der Waals surface area contributed by atoms with E-state index < -0.39 is 12.0 Å². The first-order valence-electron chi connectivity index (χ1n) is 7.48. The van der Waals surface area contributed by atoms with E-state index in [9.17, 15) is 24.6 Å². The van der Waals surface area contributed by atoms with Gasteiger partial charge in [-0.3, -0.25) is 9.59 Å². The fourth-order valence-corrected chi connectivity index (χ4v) is 2.25. The molecule has 0 heterocycles. The molecule has 0 bridgehead atoms. The van der Waals surface area contributed by atoms with Gasteiger partial charge in [0.05, 0.1) is 12.8 Å². The average molecular weight is 338 g/mol. The summed E-state index contributed by atoms with van der Waals surface area (Å²) in [5.41, 5.74) is 0.205. The van der Waals surface area contributed by atoms with Crippen LogP contribution in [0.2, 0.25) is 0 Å². The predicted octanol–water partition coefficient (Wildman–Crippen LogP) is 0.909. The Morgan fingerprint density at radius 1 is 1.33 bits per heavy atom. The van der Waals surface area contributed by atoms with Crippen LogP contribution in [0.3, 0.4) is 0 Å². The molecule has 0 aliphatic rings. The highest BCUT2D eigenvalue weighted by Gasteiger charge is 2.20. The van der Waals surface area contributed by atoms with Crippen molar-refractivity contribution in [3.63, 3.8) is 0 Å². The Hall–Kier alpha value is -2.77. The van der Waals surface area contributed by atoms with Crippen LogP contribution in [0.15, 0.2) is 18.2 Å². The van der Waals surface area contributed by atoms with E-state index in [0.717, 1.165) is 0 Å². The summed E-state index contributed by atoms with van der Waals surface area (Å²) in [5, 5.41) is 21.8. The van der Waals surface area contributed by atoms with E-state index in [1.165, 1.54) is 37.1 Å². The number of unbranched alkanes of at least 4 members (excludes halogenated alkanes) is 1. The second-order valence-electron chi connectivity index (χ2n) is 5.22. The van der Waals surface area contributed by atoms with Gasteiger partial charge < -0.3 is 25.2 Å². The van der Waals surface area contributed by atoms with Crippen molar-refractivity contribution < 1.29 is 29.3 Å². The van der Waals surface area contributed by atoms with Crippen LogP contribution in [0.1, 0.15) is 26.2 Å². The molecule has 1 atom stereocenters. The van der Waals surface area contributed by atoms with E-state index in [0.29, 0.717) is 25.7 Å². The number of nitrogens with zero attached hydrogens (tertiary/aromatic N) is 1. The lowest BCUT2D eigenvalue weighted by Crippen LogP contribution is -2.40. The number of nitrogens with one attached hydrogen (secondary N) is 1. The summed E-state index contributed by atoms with van der Waals surface area (Å²) in [5.74, 6) is -1.53. The van der Waals surface area contributed by atoms with Crippen molar-refractivity contribution in [3.05, 3.63) is 18.2 Å². The first-order chi connectivity index (χ1) is 11.4. The molecule has 2 amide bonds. The lowest BCUT2D eigenvalue weighted by molar-refractivity contribution is -0.145. The molecule has 0 aliphatic heterocycles. The van der Waals surface area contributed by atoms with Crippen LogP contribution in [-0.2, 0) is 19.1 Å². The molecule has 132 valence electrons. The zero-order valence-corrected chi connectivity index (χ0v) is 13.7. The van der Waals surface area contributed by atoms with Crippen molar-refractivity contribution >= 4 is 24.0 Å². The van der Waals surface area contributed by atoms with Gasteiger partial charge in [-0.05, 0) is 31.4 Å². The number of esters is 1. The summed E-state index contributed by atoms with van der Waals surface area (Å²) in [6.45, 7) is 1.60. The Labute approximate surface area is 140 Å². The minimum absolute atomic E-state index is 0.205. The Balaban J connectivity index is 2.57. The fraction of sp³-hybridized carbons (Fsp3) is 0.438. The van der Waals surface area contributed by atoms with Gasteiger partial charge in [-0.25, -0.2) is 4.79 Å². The predicted molar refractivity (Wildman–Crippen MR) is 86.7 cm³/mol. The number of amides is 2. The topological polar surface area (TPSA) is 116 Å². The number of carbonyl (C=O) groups is 3. The van der Waals surface area contributed by atoms with E-state index >= 15 is 0 Å². The third-order valence-corrected chi connectivity index (χ3v) is 3.44. The summed E-state index contributed by atoms with van der Waals surface area (Å²) < 4.78 is 4.63. The zero-order valence-electron chi connectivity index (χ0n) is 13.7. The van der Waals surface area contributed by atoms with Crippen molar-refractivity contribution in [1.82, 2.24) is 5.32 Å². The Morgan fingerprint density at radius 2 is 2.04 bits per heavy atom. The Kier molecular flexibility index (Phi) is 7.54. The maximum atomic E-state index is 11.6. The van der Waals surface area contributed by atoms with Crippen LogP contribution in [0.5, 0.6) is 11.5 Å². The van der Waals surface area contributed by atoms with E-state index in [1.807, 2.05) is 0 Å². The minimum Gasteiger partial charge on any atom is -0.504 e. The van der Waals surface area contributed by atoms with Crippen molar-refractivity contribution in [3.8, 4) is 11.5 Å². The third kappa shape index (κ3) is 5.45. The van der Waals surface area contributed by atoms with Crippen molar-refractivity contribution in [1.29, 1.82) is 0 Å². The molecule has 0 aromatic heterocycles. The molecule has 0 saturated carbocycles. The molecule has 24 heavy (non-hydrogen) atoms. The molecule has 8 nitrogen and oxygen atoms in total. The molecule has 1 unspecified atom stereocenters. The van der Waals surface area contributed by atoms with Crippen LogP contribution in [0.4, 0.5) is 5.69 Å². The number of benzene rings is 1. The van der Waals surface area contributed by atoms with Gasteiger partial charge in [-0.1, -0.05) is 6.07 Å². The molecule has 0 fully saturated rings. The van der Waals surface area contributed by atoms with Gasteiger partial charge in [0, 0.05) is 13.5 Å². The summed E-state index contributed by atoms with van der Waals surface area (Å²) in [7, 11) is 1.25. The maximum Gasteiger partial charge on any atom is 0.328 e. The van der Waals surface area contributed by atoms with E-state index in [2.05, 4.69) is 10.1 Å². The van der Waals surface area contributed by atoms with Gasteiger partial charge in [-0.15, -0.1) is 0 Å². The highest BCUT2D eigenvalue weighted by molar-refractivity contribution is 5.83. The largest absolute Gasteiger partial charge is 0.504 e. The number of anilines is 1. The number of carbonyl (C=O) groups excluding carboxylic acids is 3. The summed E-state index contributed by atoms with van der Waals surface area (Å²) >= 11 is 0. The SMILES string of the molecule is COC(=O)C(CCCCN(C=O)c1cccc(O)c1O)NC(C)=O. The van der Waals surface area contributed by atoms with Gasteiger partial charge in [0.25, 0.3) is 0 Å². The number of ether oxygens (including phenoxy) is 1. The standard InChI is InChI=1S/C16H22N2O6/c1-11(20)17-12(16(23)24-2)6-3-4-9-18(10-19)13-7-5-8-14(21)15(13)22/h5,7-8,10,12,21-22H,3-4,6,9H2,1-2H3,(H,17,20). The van der Waals surface area contributed by atoms with Gasteiger partial charge in [0.2, 0.25) is 12.3 Å². The first-order valence-corrected chi connectivity index (χ1v) is 7.48. The highest BCUT2D eigenvalue weighted by atomic mass is 16.5. The van der Waals surface area contributed by atoms with E-state index in [4.69, 9.17) is 0 Å². The third-order valence-electron chi connectivity index (χ3n) is 3.44. The number of methoxy groups -OCH3 is 1. The van der Waals surface area contributed by atoms with Crippen LogP contribution in [0.25, 0.3) is 0 Å². The number of para-hydroxylation sites is 1. The molecule has 1 aromatic rings. The molecule has 1 aromatic carbocycles. The van der Waals surface area contributed by atoms with E-state index in [-0.39, 0.29) is 29.6 Å². The molecular weight excluding hydrogens is 316 g/mol. The number of hydrogen-bond donors (Lipinski definition) is 3. The van der Waals surface area contributed by atoms with Crippen molar-refractivity contribution in [2.24, 2.45) is 0 Å². The second kappa shape index (κ2) is 9.39. The van der Waals surface area contributed by atoms with Gasteiger partial charge in [-0.2, -0.15) is 0 Å². The second-order valence-corrected chi connectivity index (χ2v) is 5.22. The molecule has 3 N–H and O–H groups in total. The summed E-state index contributed by atoms with van der Waals surface area (Å²) in [6.07, 6.45) is 2.00. The zero-order chi connectivity index (χ0) is 18.1. The van der Waals surface area contributed by atoms with Gasteiger partial charge in [0.15, 0.2) is 11.5 Å². The van der Waals surface area contributed by atoms with E-state index in [1.54, 1.807) is 0 Å². The summed E-state index contributed by atoms with van der Waals surface area (Å²) in [4.78, 5) is 35.1. The molecule has 8 heteroatoms. The minimum atomic E-state index is -0.730. The number of aromatic hydroxyl groups is 2. The van der Waals surface area contributed by atoms with Crippen molar-refractivity contribution in [2.45, 2.75) is 32.2 Å². The van der Waals surface area contributed by atoms with Crippen LogP contribution < -0.4 is 10.2 Å². The summed E-state index contributed by atoms with van der Waals surface area (Å²) in [6, 6.07) is 3.62. The lowest BCUT2D eigenvalue weighted by atomic mass is 10.1. The molecular formula is C16H22N2O6. The number of hydrogen-bond acceptors (Lipinski definition) is 6. The molecule has 0 aliphatic carbocycles. The lowest BCUT2D eigenvalue weighted by Gasteiger charge is -2.20. The number of phenols is 2. The first kappa shape index (κ1) is 19.3. The number of phenolic OH excluding ortho intramolecular Hbond substituents is 2. The molecule has 0 radical (unpaired) electrons. The quantitative estimate of drug-likeness (QED) is 0.267. The molecule has 1 rings (SSSR count). The normalized spacial score (nSPS) is 11.4. The monoisotopic (exact) mass is 338 g/mol. The van der Waals surface area contributed by atoms with Crippen LogP contribution in [0, 0.1) is 0 Å². The fourth-order valence-electron chi connectivity index (χ4n) is 2.25. The maximum absolute atomic E-state index is 11.6. The van der Waals surface area contributed by atoms with Crippen LogP contribution in [-0.4, -0.2) is 48.2 Å².